The van der Waals surface area contributed by atoms with Crippen LogP contribution < -0.4 is 5.32 Å². The van der Waals surface area contributed by atoms with E-state index in [1.807, 2.05) is 65.2 Å². The van der Waals surface area contributed by atoms with Crippen molar-refractivity contribution in [1.82, 2.24) is 20.1 Å². The number of hydrogen-bond donors (Lipinski definition) is 1. The number of thioether (sulfide) groups is 1. The average molecular weight is 486 g/mol. The van der Waals surface area contributed by atoms with Crippen LogP contribution in [0.15, 0.2) is 103 Å². The molecule has 3 aromatic carbocycles. The molecule has 0 unspecified atom stereocenters. The number of amides is 1. The number of aromatic nitrogens is 3. The Balaban J connectivity index is 1.50. The molecule has 8 nitrogen and oxygen atoms in total. The number of benzene rings is 3. The molecular formula is C26H23N5O3S. The number of hydrogen-bond acceptors (Lipinski definition) is 6. The number of allylic oxidation sites excluding steroid dienone is 1. The average Bonchev–Trinajstić information content (AvgIpc) is 3.29. The topological polar surface area (TPSA) is 103 Å². The maximum absolute atomic E-state index is 12.9. The molecule has 0 bridgehead atoms. The van der Waals surface area contributed by atoms with Crippen LogP contribution in [0.1, 0.15) is 17.2 Å². The van der Waals surface area contributed by atoms with Gasteiger partial charge in [-0.3, -0.25) is 19.5 Å². The summed E-state index contributed by atoms with van der Waals surface area (Å²) in [6.07, 6.45) is 1.71. The molecule has 0 fully saturated rings. The Kier molecular flexibility index (Phi) is 7.69. The van der Waals surface area contributed by atoms with Crippen molar-refractivity contribution in [2.45, 2.75) is 17.7 Å². The number of rotatable bonds is 10. The summed E-state index contributed by atoms with van der Waals surface area (Å²) in [6, 6.07) is 25.5. The highest BCUT2D eigenvalue weighted by atomic mass is 32.2. The van der Waals surface area contributed by atoms with Crippen LogP contribution in [0.5, 0.6) is 0 Å². The van der Waals surface area contributed by atoms with E-state index in [1.165, 1.54) is 23.9 Å². The number of nitro benzene ring substituents is 1. The van der Waals surface area contributed by atoms with Gasteiger partial charge in [-0.2, -0.15) is 0 Å². The Morgan fingerprint density at radius 1 is 1.00 bits per heavy atom. The zero-order valence-corrected chi connectivity index (χ0v) is 19.6. The van der Waals surface area contributed by atoms with E-state index in [4.69, 9.17) is 0 Å². The highest BCUT2D eigenvalue weighted by molar-refractivity contribution is 7.99. The first-order valence-electron chi connectivity index (χ1n) is 10.9. The summed E-state index contributed by atoms with van der Waals surface area (Å²) in [4.78, 5) is 23.4. The molecule has 1 amide bonds. The molecular weight excluding hydrogens is 462 g/mol. The molecule has 4 aromatic rings. The van der Waals surface area contributed by atoms with Gasteiger partial charge in [-0.1, -0.05) is 78.5 Å². The fourth-order valence-electron chi connectivity index (χ4n) is 3.62. The molecule has 0 aliphatic heterocycles. The molecule has 0 saturated carbocycles. The van der Waals surface area contributed by atoms with Gasteiger partial charge in [0, 0.05) is 24.2 Å². The predicted molar refractivity (Wildman–Crippen MR) is 136 cm³/mol. The number of carbonyl (C=O) groups is 1. The molecule has 4 rings (SSSR count). The lowest BCUT2D eigenvalue weighted by Gasteiger charge is -2.20. The van der Waals surface area contributed by atoms with Crippen molar-refractivity contribution >= 4 is 23.4 Å². The molecule has 0 aliphatic rings. The monoisotopic (exact) mass is 485 g/mol. The van der Waals surface area contributed by atoms with E-state index in [1.54, 1.807) is 18.2 Å². The summed E-state index contributed by atoms with van der Waals surface area (Å²) < 4.78 is 1.83. The van der Waals surface area contributed by atoms with Gasteiger partial charge in [-0.15, -0.1) is 16.8 Å². The second-order valence-electron chi connectivity index (χ2n) is 7.62. The summed E-state index contributed by atoms with van der Waals surface area (Å²) >= 11 is 1.27. The summed E-state index contributed by atoms with van der Waals surface area (Å²) in [5.74, 6) is 0.554. The van der Waals surface area contributed by atoms with Crippen LogP contribution >= 0.6 is 11.8 Å². The predicted octanol–water partition coefficient (Wildman–Crippen LogP) is 5.04. The van der Waals surface area contributed by atoms with Crippen LogP contribution in [0, 0.1) is 10.1 Å². The quantitative estimate of drug-likeness (QED) is 0.146. The normalized spacial score (nSPS) is 10.8. The highest BCUT2D eigenvalue weighted by Crippen LogP contribution is 2.26. The van der Waals surface area contributed by atoms with Crippen LogP contribution in [0.4, 0.5) is 5.69 Å². The van der Waals surface area contributed by atoms with Crippen LogP contribution in [0.2, 0.25) is 0 Å². The van der Waals surface area contributed by atoms with E-state index in [-0.39, 0.29) is 23.4 Å². The third-order valence-electron chi connectivity index (χ3n) is 5.27. The molecule has 0 aliphatic carbocycles. The van der Waals surface area contributed by atoms with Gasteiger partial charge >= 0.3 is 0 Å². The van der Waals surface area contributed by atoms with Crippen molar-refractivity contribution in [3.63, 3.8) is 0 Å². The lowest BCUT2D eigenvalue weighted by Crippen LogP contribution is -2.30. The lowest BCUT2D eigenvalue weighted by molar-refractivity contribution is -0.384. The zero-order chi connectivity index (χ0) is 24.6. The smallest absolute Gasteiger partial charge is 0.269 e. The molecule has 1 N–H and O–H groups in total. The minimum atomic E-state index is -0.448. The summed E-state index contributed by atoms with van der Waals surface area (Å²) in [7, 11) is 0. The zero-order valence-electron chi connectivity index (χ0n) is 18.8. The fourth-order valence-corrected chi connectivity index (χ4v) is 4.38. The fraction of sp³-hybridized carbons (Fsp3) is 0.115. The van der Waals surface area contributed by atoms with Crippen LogP contribution in [-0.2, 0) is 11.3 Å². The number of nitrogens with one attached hydrogen (secondary N) is 1. The third-order valence-corrected chi connectivity index (χ3v) is 6.24. The lowest BCUT2D eigenvalue weighted by atomic mass is 9.99. The van der Waals surface area contributed by atoms with Gasteiger partial charge in [0.15, 0.2) is 11.0 Å². The van der Waals surface area contributed by atoms with E-state index >= 15 is 0 Å². The van der Waals surface area contributed by atoms with E-state index in [2.05, 4.69) is 22.1 Å². The Labute approximate surface area is 206 Å². The molecule has 0 saturated heterocycles. The van der Waals surface area contributed by atoms with Gasteiger partial charge in [0.05, 0.1) is 16.7 Å². The number of non-ortho nitro benzene ring substituents is 1. The van der Waals surface area contributed by atoms with Crippen LogP contribution in [0.25, 0.3) is 11.4 Å². The van der Waals surface area contributed by atoms with Gasteiger partial charge in [-0.25, -0.2) is 0 Å². The highest BCUT2D eigenvalue weighted by Gasteiger charge is 2.19. The first-order chi connectivity index (χ1) is 17.1. The first-order valence-corrected chi connectivity index (χ1v) is 11.9. The SMILES string of the molecule is C=CCn1c(SCC(=O)NC(c2ccccc2)c2ccccc2)nnc1-c1ccc([N+](=O)[O-])cc1. The van der Waals surface area contributed by atoms with Gasteiger partial charge in [0.1, 0.15) is 0 Å². The molecule has 0 radical (unpaired) electrons. The summed E-state index contributed by atoms with van der Waals surface area (Å²) in [5.41, 5.74) is 2.68. The van der Waals surface area contributed by atoms with E-state index in [0.717, 1.165) is 11.1 Å². The van der Waals surface area contributed by atoms with Gasteiger partial charge < -0.3 is 5.32 Å². The molecule has 0 atom stereocenters. The molecule has 35 heavy (non-hydrogen) atoms. The molecule has 1 heterocycles. The van der Waals surface area contributed by atoms with E-state index in [0.29, 0.717) is 23.1 Å². The second-order valence-corrected chi connectivity index (χ2v) is 8.56. The summed E-state index contributed by atoms with van der Waals surface area (Å²) in [5, 5.41) is 23.1. The molecule has 1 aromatic heterocycles. The van der Waals surface area contributed by atoms with E-state index < -0.39 is 4.92 Å². The minimum Gasteiger partial charge on any atom is -0.344 e. The van der Waals surface area contributed by atoms with Gasteiger partial charge in [0.25, 0.3) is 5.69 Å². The standard InChI is InChI=1S/C26H23N5O3S/c1-2-17-30-25(21-13-15-22(16-14-21)31(33)34)28-29-26(30)35-18-23(32)27-24(19-9-5-3-6-10-19)20-11-7-4-8-12-20/h2-16,24H,1,17-18H2,(H,27,32). The van der Waals surface area contributed by atoms with Gasteiger partial charge in [0.2, 0.25) is 5.91 Å². The first kappa shape index (κ1) is 23.9. The minimum absolute atomic E-state index is 0.00110. The van der Waals surface area contributed by atoms with Crippen LogP contribution in [0.3, 0.4) is 0 Å². The van der Waals surface area contributed by atoms with Crippen LogP contribution in [-0.4, -0.2) is 31.3 Å². The molecule has 9 heteroatoms. The maximum Gasteiger partial charge on any atom is 0.269 e. The van der Waals surface area contributed by atoms with Crippen molar-refractivity contribution in [3.05, 3.63) is 119 Å². The van der Waals surface area contributed by atoms with E-state index in [9.17, 15) is 14.9 Å². The number of carbonyl (C=O) groups excluding carboxylic acids is 1. The number of nitro groups is 1. The maximum atomic E-state index is 12.9. The molecule has 176 valence electrons. The van der Waals surface area contributed by atoms with Crippen molar-refractivity contribution < 1.29 is 9.72 Å². The largest absolute Gasteiger partial charge is 0.344 e. The third kappa shape index (κ3) is 5.82. The molecule has 0 spiro atoms. The summed E-state index contributed by atoms with van der Waals surface area (Å²) in [6.45, 7) is 4.23. The Morgan fingerprint density at radius 3 is 2.14 bits per heavy atom. The number of nitrogens with zero attached hydrogens (tertiary/aromatic N) is 4. The van der Waals surface area contributed by atoms with Crippen molar-refractivity contribution in [1.29, 1.82) is 0 Å². The Hall–Kier alpha value is -4.24. The van der Waals surface area contributed by atoms with Gasteiger partial charge in [-0.05, 0) is 23.3 Å². The van der Waals surface area contributed by atoms with Crippen molar-refractivity contribution in [3.8, 4) is 11.4 Å². The van der Waals surface area contributed by atoms with Crippen molar-refractivity contribution in [2.75, 3.05) is 5.75 Å². The second kappa shape index (κ2) is 11.3. The Morgan fingerprint density at radius 2 is 1.60 bits per heavy atom. The van der Waals surface area contributed by atoms with Crippen molar-refractivity contribution in [2.24, 2.45) is 0 Å². The Bertz CT molecular complexity index is 1270.